The van der Waals surface area contributed by atoms with E-state index in [9.17, 15) is 4.79 Å². The summed E-state index contributed by atoms with van der Waals surface area (Å²) >= 11 is 0. The van der Waals surface area contributed by atoms with Crippen LogP contribution in [0.5, 0.6) is 0 Å². The molecule has 1 aromatic heterocycles. The average Bonchev–Trinajstić information content (AvgIpc) is 3.12. The summed E-state index contributed by atoms with van der Waals surface area (Å²) in [5.74, 6) is 2.10. The van der Waals surface area contributed by atoms with Gasteiger partial charge in [-0.25, -0.2) is 4.98 Å². The highest BCUT2D eigenvalue weighted by molar-refractivity contribution is 5.37. The summed E-state index contributed by atoms with van der Waals surface area (Å²) in [6.07, 6.45) is 2.29. The van der Waals surface area contributed by atoms with Gasteiger partial charge in [-0.05, 0) is 19.4 Å². The van der Waals surface area contributed by atoms with Gasteiger partial charge in [-0.15, -0.1) is 0 Å². The van der Waals surface area contributed by atoms with E-state index in [1.54, 1.807) is 6.07 Å². The number of nitrogens with zero attached hydrogens (tertiary/aromatic N) is 2. The minimum Gasteiger partial charge on any atom is -0.358 e. The molecule has 1 aliphatic carbocycles. The Balaban J connectivity index is 2.05. The molecule has 2 N–H and O–H groups in total. The van der Waals surface area contributed by atoms with Crippen LogP contribution < -0.4 is 15.8 Å². The first kappa shape index (κ1) is 12.1. The monoisotopic (exact) mass is 236 g/mol. The molecule has 17 heavy (non-hydrogen) atoms. The Morgan fingerprint density at radius 3 is 3.00 bits per heavy atom. The van der Waals surface area contributed by atoms with Gasteiger partial charge in [-0.3, -0.25) is 4.79 Å². The molecular formula is C12H20N4O. The number of likely N-dealkylation sites (N-methyl/N-ethyl adjacent to an activating group) is 2. The normalized spacial score (nSPS) is 14.9. The van der Waals surface area contributed by atoms with E-state index in [0.717, 1.165) is 44.1 Å². The molecule has 1 aromatic rings. The number of H-pyrrole nitrogens is 1. The molecule has 1 heterocycles. The van der Waals surface area contributed by atoms with Crippen LogP contribution >= 0.6 is 0 Å². The van der Waals surface area contributed by atoms with E-state index in [1.807, 2.05) is 11.9 Å². The molecule has 5 nitrogen and oxygen atoms in total. The van der Waals surface area contributed by atoms with E-state index in [0.29, 0.717) is 5.92 Å². The van der Waals surface area contributed by atoms with Crippen LogP contribution in [0.15, 0.2) is 10.9 Å². The van der Waals surface area contributed by atoms with E-state index < -0.39 is 0 Å². The second kappa shape index (κ2) is 5.31. The van der Waals surface area contributed by atoms with Crippen molar-refractivity contribution in [3.63, 3.8) is 0 Å². The van der Waals surface area contributed by atoms with Crippen molar-refractivity contribution in [2.75, 3.05) is 31.6 Å². The van der Waals surface area contributed by atoms with E-state index in [-0.39, 0.29) is 5.56 Å². The molecule has 5 heteroatoms. The van der Waals surface area contributed by atoms with Crippen LogP contribution in [-0.4, -0.2) is 36.6 Å². The van der Waals surface area contributed by atoms with Gasteiger partial charge in [0.1, 0.15) is 11.6 Å². The zero-order chi connectivity index (χ0) is 12.3. The van der Waals surface area contributed by atoms with Crippen LogP contribution in [0.2, 0.25) is 0 Å². The van der Waals surface area contributed by atoms with Gasteiger partial charge in [-0.2, -0.15) is 0 Å². The molecule has 0 aromatic carbocycles. The van der Waals surface area contributed by atoms with Crippen LogP contribution in [-0.2, 0) is 0 Å². The summed E-state index contributed by atoms with van der Waals surface area (Å²) in [4.78, 5) is 20.9. The van der Waals surface area contributed by atoms with Gasteiger partial charge in [0.05, 0.1) is 0 Å². The number of rotatable bonds is 6. The Hall–Kier alpha value is -1.36. The molecule has 0 amide bonds. The highest BCUT2D eigenvalue weighted by Crippen LogP contribution is 2.37. The average molecular weight is 236 g/mol. The highest BCUT2D eigenvalue weighted by atomic mass is 16.1. The van der Waals surface area contributed by atoms with E-state index in [1.165, 1.54) is 0 Å². The Morgan fingerprint density at radius 1 is 1.59 bits per heavy atom. The quantitative estimate of drug-likeness (QED) is 0.714. The summed E-state index contributed by atoms with van der Waals surface area (Å²) in [5, 5.41) is 3.26. The lowest BCUT2D eigenvalue weighted by Crippen LogP contribution is -2.30. The Morgan fingerprint density at radius 2 is 2.35 bits per heavy atom. The van der Waals surface area contributed by atoms with Crippen LogP contribution in [0.1, 0.15) is 31.5 Å². The maximum absolute atomic E-state index is 11.5. The number of hydrogen-bond acceptors (Lipinski definition) is 4. The SMILES string of the molecule is CCNCCN(C)c1cc(=O)[nH]c(C2CC2)n1. The second-order valence-corrected chi connectivity index (χ2v) is 4.54. The Kier molecular flexibility index (Phi) is 3.78. The maximum atomic E-state index is 11.5. The first-order valence-electron chi connectivity index (χ1n) is 6.24. The van der Waals surface area contributed by atoms with Crippen molar-refractivity contribution < 1.29 is 0 Å². The standard InChI is InChI=1S/C12H20N4O/c1-3-13-6-7-16(2)10-8-11(17)15-12(14-10)9-4-5-9/h8-9,13H,3-7H2,1-2H3,(H,14,15,17). The largest absolute Gasteiger partial charge is 0.358 e. The minimum atomic E-state index is -0.0489. The lowest BCUT2D eigenvalue weighted by Gasteiger charge is -2.18. The smallest absolute Gasteiger partial charge is 0.252 e. The van der Waals surface area contributed by atoms with Gasteiger partial charge in [-0.1, -0.05) is 6.92 Å². The molecule has 1 fully saturated rings. The lowest BCUT2D eigenvalue weighted by atomic mass is 10.4. The number of anilines is 1. The van der Waals surface area contributed by atoms with Crippen molar-refractivity contribution in [2.24, 2.45) is 0 Å². The van der Waals surface area contributed by atoms with Crippen molar-refractivity contribution >= 4 is 5.82 Å². The predicted molar refractivity (Wildman–Crippen MR) is 68.6 cm³/mol. The molecule has 0 spiro atoms. The summed E-state index contributed by atoms with van der Waals surface area (Å²) in [6.45, 7) is 4.80. The van der Waals surface area contributed by atoms with Gasteiger partial charge in [0.15, 0.2) is 0 Å². The summed E-state index contributed by atoms with van der Waals surface area (Å²) in [7, 11) is 1.97. The first-order valence-corrected chi connectivity index (χ1v) is 6.24. The predicted octanol–water partition coefficient (Wildman–Crippen LogP) is 0.693. The van der Waals surface area contributed by atoms with Gasteiger partial charge in [0.2, 0.25) is 0 Å². The van der Waals surface area contributed by atoms with Crippen molar-refractivity contribution in [1.29, 1.82) is 0 Å². The third-order valence-electron chi connectivity index (χ3n) is 2.98. The topological polar surface area (TPSA) is 61.0 Å². The molecule has 0 saturated heterocycles. The van der Waals surface area contributed by atoms with Crippen LogP contribution in [0, 0.1) is 0 Å². The zero-order valence-corrected chi connectivity index (χ0v) is 10.5. The second-order valence-electron chi connectivity index (χ2n) is 4.54. The third-order valence-corrected chi connectivity index (χ3v) is 2.98. The summed E-state index contributed by atoms with van der Waals surface area (Å²) in [6, 6.07) is 1.57. The minimum absolute atomic E-state index is 0.0489. The number of aromatic nitrogens is 2. The van der Waals surface area contributed by atoms with Crippen molar-refractivity contribution in [1.82, 2.24) is 15.3 Å². The third kappa shape index (κ3) is 3.30. The molecule has 0 unspecified atom stereocenters. The fraction of sp³-hybridized carbons (Fsp3) is 0.667. The van der Waals surface area contributed by atoms with Crippen LogP contribution in [0.4, 0.5) is 5.82 Å². The Labute approximate surface area is 101 Å². The molecule has 1 saturated carbocycles. The van der Waals surface area contributed by atoms with Crippen molar-refractivity contribution in [3.05, 3.63) is 22.2 Å². The summed E-state index contributed by atoms with van der Waals surface area (Å²) in [5.41, 5.74) is -0.0489. The molecule has 94 valence electrons. The zero-order valence-electron chi connectivity index (χ0n) is 10.5. The Bertz CT molecular complexity index is 425. The molecule has 2 rings (SSSR count). The van der Waals surface area contributed by atoms with Crippen molar-refractivity contribution in [3.8, 4) is 0 Å². The number of hydrogen-bond donors (Lipinski definition) is 2. The molecule has 0 atom stereocenters. The summed E-state index contributed by atoms with van der Waals surface area (Å²) < 4.78 is 0. The lowest BCUT2D eigenvalue weighted by molar-refractivity contribution is 0.700. The fourth-order valence-corrected chi connectivity index (χ4v) is 1.75. The van der Waals surface area contributed by atoms with Crippen LogP contribution in [0.3, 0.4) is 0 Å². The van der Waals surface area contributed by atoms with Crippen LogP contribution in [0.25, 0.3) is 0 Å². The molecule has 1 aliphatic rings. The molecule has 0 bridgehead atoms. The van der Waals surface area contributed by atoms with E-state index in [2.05, 4.69) is 22.2 Å². The van der Waals surface area contributed by atoms with Gasteiger partial charge < -0.3 is 15.2 Å². The molecule has 0 radical (unpaired) electrons. The molecular weight excluding hydrogens is 216 g/mol. The molecule has 0 aliphatic heterocycles. The highest BCUT2D eigenvalue weighted by Gasteiger charge is 2.26. The van der Waals surface area contributed by atoms with E-state index >= 15 is 0 Å². The van der Waals surface area contributed by atoms with Gasteiger partial charge in [0, 0.05) is 32.1 Å². The van der Waals surface area contributed by atoms with Crippen molar-refractivity contribution in [2.45, 2.75) is 25.7 Å². The fourth-order valence-electron chi connectivity index (χ4n) is 1.75. The van der Waals surface area contributed by atoms with Gasteiger partial charge >= 0.3 is 0 Å². The van der Waals surface area contributed by atoms with Gasteiger partial charge in [0.25, 0.3) is 5.56 Å². The first-order chi connectivity index (χ1) is 8.20. The maximum Gasteiger partial charge on any atom is 0.252 e. The van der Waals surface area contributed by atoms with E-state index in [4.69, 9.17) is 0 Å². The number of aromatic amines is 1. The number of nitrogens with one attached hydrogen (secondary N) is 2.